The number of aliphatic hydroxyl groups excluding tert-OH is 1. The molecule has 3 rings (SSSR count). The summed E-state index contributed by atoms with van der Waals surface area (Å²) in [5.41, 5.74) is 12.0. The summed E-state index contributed by atoms with van der Waals surface area (Å²) in [7, 11) is 0. The van der Waals surface area contributed by atoms with Crippen molar-refractivity contribution < 1.29 is 14.6 Å². The summed E-state index contributed by atoms with van der Waals surface area (Å²) < 4.78 is 11.6. The Balaban J connectivity index is 1.81. The van der Waals surface area contributed by atoms with E-state index in [-0.39, 0.29) is 18.6 Å². The molecule has 1 unspecified atom stereocenters. The largest absolute Gasteiger partial charge is 0.489 e. The van der Waals surface area contributed by atoms with Gasteiger partial charge in [-0.15, -0.1) is 0 Å². The summed E-state index contributed by atoms with van der Waals surface area (Å²) in [5.74, 6) is 0.849. The Bertz CT molecular complexity index is 1230. The number of hydrogen-bond donors (Lipinski definition) is 3. The molecule has 8 nitrogen and oxygen atoms in total. The van der Waals surface area contributed by atoms with Crippen LogP contribution in [0.1, 0.15) is 51.2 Å². The van der Waals surface area contributed by atoms with Crippen LogP contribution in [0.25, 0.3) is 5.57 Å². The fourth-order valence-electron chi connectivity index (χ4n) is 4.65. The van der Waals surface area contributed by atoms with Crippen LogP contribution in [-0.2, 0) is 4.74 Å². The average molecular weight is 560 g/mol. The number of ether oxygens (including phenoxy) is 2. The van der Waals surface area contributed by atoms with Gasteiger partial charge >= 0.3 is 0 Å². The Morgan fingerprint density at radius 2 is 2.10 bits per heavy atom. The summed E-state index contributed by atoms with van der Waals surface area (Å²) in [6.07, 6.45) is 12.5. The van der Waals surface area contributed by atoms with Gasteiger partial charge in [0.2, 0.25) is 0 Å². The van der Waals surface area contributed by atoms with E-state index in [2.05, 4.69) is 53.9 Å². The number of aliphatic imine (C=N–C) groups is 1. The first-order valence-corrected chi connectivity index (χ1v) is 14.4. The number of benzene rings is 1. The minimum atomic E-state index is 0.0587. The van der Waals surface area contributed by atoms with Crippen molar-refractivity contribution in [1.82, 2.24) is 10.2 Å². The summed E-state index contributed by atoms with van der Waals surface area (Å²) in [5, 5.41) is 22.6. The van der Waals surface area contributed by atoms with Gasteiger partial charge in [0.25, 0.3) is 0 Å². The highest BCUT2D eigenvalue weighted by atomic mass is 16.5. The minimum Gasteiger partial charge on any atom is -0.489 e. The van der Waals surface area contributed by atoms with Gasteiger partial charge < -0.3 is 30.5 Å². The molecule has 4 N–H and O–H groups in total. The molecule has 0 radical (unpaired) electrons. The van der Waals surface area contributed by atoms with Gasteiger partial charge in [0.05, 0.1) is 18.8 Å². The second-order valence-corrected chi connectivity index (χ2v) is 10.6. The summed E-state index contributed by atoms with van der Waals surface area (Å²) in [6.45, 7) is 14.7. The first-order valence-electron chi connectivity index (χ1n) is 14.4. The van der Waals surface area contributed by atoms with Gasteiger partial charge in [-0.1, -0.05) is 25.6 Å². The Kier molecular flexibility index (Phi) is 12.9. The lowest BCUT2D eigenvalue weighted by molar-refractivity contribution is 0.0254. The quantitative estimate of drug-likeness (QED) is 0.318. The van der Waals surface area contributed by atoms with E-state index in [1.54, 1.807) is 6.21 Å². The van der Waals surface area contributed by atoms with Crippen LogP contribution in [0, 0.1) is 17.2 Å². The van der Waals surface area contributed by atoms with Gasteiger partial charge in [0.15, 0.2) is 0 Å². The van der Waals surface area contributed by atoms with Crippen molar-refractivity contribution in [2.24, 2.45) is 16.6 Å². The van der Waals surface area contributed by atoms with Crippen LogP contribution in [0.15, 0.2) is 76.6 Å². The van der Waals surface area contributed by atoms with E-state index in [0.717, 1.165) is 66.0 Å². The van der Waals surface area contributed by atoms with E-state index in [1.165, 1.54) is 0 Å². The van der Waals surface area contributed by atoms with Crippen LogP contribution in [-0.4, -0.2) is 68.4 Å². The van der Waals surface area contributed by atoms with Crippen molar-refractivity contribution in [3.8, 4) is 11.8 Å². The van der Waals surface area contributed by atoms with Crippen LogP contribution in [0.3, 0.4) is 0 Å². The lowest BCUT2D eigenvalue weighted by Crippen LogP contribution is -2.30. The summed E-state index contributed by atoms with van der Waals surface area (Å²) in [4.78, 5) is 6.74. The van der Waals surface area contributed by atoms with Crippen molar-refractivity contribution >= 4 is 11.8 Å². The topological polar surface area (TPSA) is 116 Å². The molecule has 0 aliphatic carbocycles. The van der Waals surface area contributed by atoms with Gasteiger partial charge in [0, 0.05) is 56.7 Å². The highest BCUT2D eigenvalue weighted by Crippen LogP contribution is 2.30. The van der Waals surface area contributed by atoms with Crippen molar-refractivity contribution in [3.05, 3.63) is 82.7 Å². The Hall–Kier alpha value is -3.64. The van der Waals surface area contributed by atoms with Gasteiger partial charge in [-0.25, -0.2) is 0 Å². The number of aliphatic hydroxyl groups is 1. The van der Waals surface area contributed by atoms with Crippen LogP contribution in [0.5, 0.6) is 5.75 Å². The molecule has 0 saturated carbocycles. The first-order chi connectivity index (χ1) is 19.9. The normalized spacial score (nSPS) is 21.1. The second-order valence-electron chi connectivity index (χ2n) is 10.6. The van der Waals surface area contributed by atoms with Crippen LogP contribution < -0.4 is 15.8 Å². The van der Waals surface area contributed by atoms with Crippen molar-refractivity contribution in [1.29, 1.82) is 5.26 Å². The van der Waals surface area contributed by atoms with Crippen molar-refractivity contribution in [3.63, 3.8) is 0 Å². The highest BCUT2D eigenvalue weighted by Gasteiger charge is 2.18. The molecule has 1 aromatic rings. The van der Waals surface area contributed by atoms with E-state index < -0.39 is 0 Å². The highest BCUT2D eigenvalue weighted by molar-refractivity contribution is 5.93. The maximum absolute atomic E-state index is 9.87. The first kappa shape index (κ1) is 31.9. The molecule has 1 aromatic carbocycles. The van der Waals surface area contributed by atoms with Crippen molar-refractivity contribution in [2.75, 3.05) is 46.1 Å². The molecule has 0 aromatic heterocycles. The number of allylic oxidation sites excluding steroid dienone is 8. The molecule has 0 spiro atoms. The SMILES string of the molecule is C=C1/C=C(/C(C)=C/C=C(\C)N(CCN)CCC(C)CO)NC/N=C\C=C/1c1ccc(OC2CCOCC2)c(C#N)c1. The zero-order chi connectivity index (χ0) is 29.6. The van der Waals surface area contributed by atoms with Crippen LogP contribution in [0.4, 0.5) is 0 Å². The Morgan fingerprint density at radius 3 is 2.80 bits per heavy atom. The minimum absolute atomic E-state index is 0.0587. The lowest BCUT2D eigenvalue weighted by Gasteiger charge is -2.26. The molecule has 2 aliphatic heterocycles. The molecule has 220 valence electrons. The summed E-state index contributed by atoms with van der Waals surface area (Å²) in [6, 6.07) is 8.00. The van der Waals surface area contributed by atoms with Gasteiger partial charge in [-0.3, -0.25) is 4.99 Å². The number of hydrogen-bond acceptors (Lipinski definition) is 8. The smallest absolute Gasteiger partial charge is 0.137 e. The molecule has 1 atom stereocenters. The average Bonchev–Trinajstić information content (AvgIpc) is 3.08. The molecule has 1 saturated heterocycles. The van der Waals surface area contributed by atoms with Gasteiger partial charge in [0.1, 0.15) is 24.6 Å². The van der Waals surface area contributed by atoms with E-state index in [1.807, 2.05) is 37.3 Å². The van der Waals surface area contributed by atoms with Crippen LogP contribution in [0.2, 0.25) is 0 Å². The zero-order valence-electron chi connectivity index (χ0n) is 24.7. The number of rotatable bonds is 12. The van der Waals surface area contributed by atoms with E-state index in [0.29, 0.717) is 37.7 Å². The van der Waals surface area contributed by atoms with Crippen LogP contribution >= 0.6 is 0 Å². The van der Waals surface area contributed by atoms with E-state index >= 15 is 0 Å². The number of nitrogens with zero attached hydrogens (tertiary/aromatic N) is 3. The fourth-order valence-corrected chi connectivity index (χ4v) is 4.65. The van der Waals surface area contributed by atoms with E-state index in [9.17, 15) is 10.4 Å². The third-order valence-corrected chi connectivity index (χ3v) is 7.35. The Morgan fingerprint density at radius 1 is 1.32 bits per heavy atom. The molecular formula is C33H45N5O3. The molecule has 0 amide bonds. The van der Waals surface area contributed by atoms with Crippen molar-refractivity contribution in [2.45, 2.75) is 46.1 Å². The second kappa shape index (κ2) is 16.6. The maximum atomic E-state index is 9.87. The maximum Gasteiger partial charge on any atom is 0.137 e. The molecule has 41 heavy (non-hydrogen) atoms. The van der Waals surface area contributed by atoms with Gasteiger partial charge in [-0.05, 0) is 78.8 Å². The lowest BCUT2D eigenvalue weighted by atomic mass is 9.95. The molecule has 0 bridgehead atoms. The van der Waals surface area contributed by atoms with E-state index in [4.69, 9.17) is 15.2 Å². The molecule has 1 fully saturated rings. The third-order valence-electron chi connectivity index (χ3n) is 7.35. The monoisotopic (exact) mass is 559 g/mol. The predicted octanol–water partition coefficient (Wildman–Crippen LogP) is 4.70. The molecule has 8 heteroatoms. The summed E-state index contributed by atoms with van der Waals surface area (Å²) >= 11 is 0. The molecule has 2 aliphatic rings. The standard InChI is InChI=1S/C33H45N5O3/c1-24(22-39)10-15-38(16-13-34)27(4)6-5-25(2)32-19-26(3)31(9-14-36-23-37-32)28-7-8-33(29(20-28)21-35)41-30-11-17-40-18-12-30/h5-9,14,19-20,24,30,37,39H,3,10-13,15-18,22-23,34H2,1-2,4H3/b25-5+,27-6+,31-9+,32-19-,36-14-. The Labute approximate surface area is 245 Å². The van der Waals surface area contributed by atoms with Gasteiger partial charge in [-0.2, -0.15) is 5.26 Å². The number of nitrogens with two attached hydrogens (primary N) is 1. The number of nitrogens with one attached hydrogen (secondary N) is 1. The number of nitriles is 1. The molecular weight excluding hydrogens is 514 g/mol. The zero-order valence-corrected chi connectivity index (χ0v) is 24.7. The fraction of sp³-hybridized carbons (Fsp3) is 0.455. The third kappa shape index (κ3) is 9.75. The predicted molar refractivity (Wildman–Crippen MR) is 166 cm³/mol. The molecule has 2 heterocycles.